The number of ether oxygens (including phenoxy) is 2. The van der Waals surface area contributed by atoms with Crippen LogP contribution in [0.3, 0.4) is 0 Å². The van der Waals surface area contributed by atoms with Crippen molar-refractivity contribution in [2.45, 2.75) is 68.1 Å². The first-order chi connectivity index (χ1) is 30.3. The van der Waals surface area contributed by atoms with Gasteiger partial charge in [-0.15, -0.1) is 23.2 Å². The molecule has 344 valence electrons. The maximum Gasteiger partial charge on any atom is 0.261 e. The zero-order valence-electron chi connectivity index (χ0n) is 36.6. The molecule has 2 saturated heterocycles. The lowest BCUT2D eigenvalue weighted by Crippen LogP contribution is -2.38. The van der Waals surface area contributed by atoms with Crippen molar-refractivity contribution in [3.05, 3.63) is 109 Å². The summed E-state index contributed by atoms with van der Waals surface area (Å²) in [5.41, 5.74) is 4.23. The summed E-state index contributed by atoms with van der Waals surface area (Å²) >= 11 is 9.53. The Morgan fingerprint density at radius 2 is 1.03 bits per heavy atom. The van der Waals surface area contributed by atoms with Gasteiger partial charge in [0.25, 0.3) is 9.05 Å². The molecule has 3 N–H and O–H groups in total. The van der Waals surface area contributed by atoms with Crippen LogP contribution in [0.25, 0.3) is 22.1 Å². The highest BCUT2D eigenvalue weighted by molar-refractivity contribution is 8.13. The highest BCUT2D eigenvalue weighted by Gasteiger charge is 2.31. The maximum absolute atomic E-state index is 12.8. The van der Waals surface area contributed by atoms with E-state index in [9.17, 15) is 16.8 Å². The van der Waals surface area contributed by atoms with Gasteiger partial charge >= 0.3 is 0 Å². The van der Waals surface area contributed by atoms with Crippen molar-refractivity contribution in [2.75, 3.05) is 65.4 Å². The van der Waals surface area contributed by atoms with Gasteiger partial charge < -0.3 is 29.7 Å². The first-order valence-corrected chi connectivity index (χ1v) is 25.8. The smallest absolute Gasteiger partial charge is 0.261 e. The van der Waals surface area contributed by atoms with E-state index >= 15 is 0 Å². The number of aromatic nitrogens is 4. The molecule has 0 bridgehead atoms. The first-order valence-electron chi connectivity index (χ1n) is 21.0. The molecule has 0 saturated carbocycles. The summed E-state index contributed by atoms with van der Waals surface area (Å²) in [4.78, 5) is 18.9. The van der Waals surface area contributed by atoms with Gasteiger partial charge in [-0.25, -0.2) is 26.8 Å². The number of sulfonamides is 1. The number of nitrogens with zero attached hydrogens (tertiary/aromatic N) is 4. The van der Waals surface area contributed by atoms with Crippen LogP contribution in [0.1, 0.15) is 69.9 Å². The van der Waals surface area contributed by atoms with Crippen LogP contribution in [0, 0.1) is 0 Å². The van der Waals surface area contributed by atoms with E-state index in [0.717, 1.165) is 59.6 Å². The number of aromatic amines is 2. The second kappa shape index (κ2) is 26.1. The van der Waals surface area contributed by atoms with Crippen molar-refractivity contribution in [3.8, 4) is 11.5 Å². The first kappa shape index (κ1) is 51.7. The van der Waals surface area contributed by atoms with Crippen molar-refractivity contribution >= 4 is 75.0 Å². The molecule has 0 spiro atoms. The normalized spacial score (nSPS) is 14.9. The summed E-state index contributed by atoms with van der Waals surface area (Å²) in [6.07, 6.45) is 3.91. The third kappa shape index (κ3) is 15.6. The largest absolute Gasteiger partial charge is 0.497 e. The number of alkyl halides is 2. The van der Waals surface area contributed by atoms with Crippen LogP contribution in [0.2, 0.25) is 0 Å². The number of piperidine rings is 2. The van der Waals surface area contributed by atoms with Gasteiger partial charge in [0.15, 0.2) is 0 Å². The van der Waals surface area contributed by atoms with Crippen LogP contribution in [0.15, 0.2) is 107 Å². The molecule has 2 fully saturated rings. The number of imidazole rings is 2. The van der Waals surface area contributed by atoms with Crippen LogP contribution >= 0.6 is 33.9 Å². The molecule has 2 aromatic heterocycles. The molecule has 13 nitrogen and oxygen atoms in total. The summed E-state index contributed by atoms with van der Waals surface area (Å²) < 4.78 is 58.7. The van der Waals surface area contributed by atoms with Gasteiger partial charge in [0, 0.05) is 35.6 Å². The van der Waals surface area contributed by atoms with E-state index < -0.39 is 19.1 Å². The van der Waals surface area contributed by atoms with Crippen LogP contribution in [-0.4, -0.2) is 111 Å². The summed E-state index contributed by atoms with van der Waals surface area (Å²) in [5, 5.41) is 3.57. The lowest BCUT2D eigenvalue weighted by molar-refractivity contribution is 0.314. The molecule has 63 heavy (non-hydrogen) atoms. The van der Waals surface area contributed by atoms with Gasteiger partial charge in [-0.1, -0.05) is 45.0 Å². The molecule has 0 aliphatic carbocycles. The second-order valence-corrected chi connectivity index (χ2v) is 19.8. The van der Waals surface area contributed by atoms with E-state index in [1.54, 1.807) is 35.7 Å². The Balaban J connectivity index is 0.000000200. The van der Waals surface area contributed by atoms with Crippen molar-refractivity contribution in [1.82, 2.24) is 34.5 Å². The summed E-state index contributed by atoms with van der Waals surface area (Å²) in [6.45, 7) is 13.3. The molecule has 6 aromatic rings. The highest BCUT2D eigenvalue weighted by Crippen LogP contribution is 2.31. The average molecular weight is 966 g/mol. The zero-order valence-corrected chi connectivity index (χ0v) is 40.5. The number of hydrogen-bond acceptors (Lipinski definition) is 10. The van der Waals surface area contributed by atoms with E-state index in [1.807, 2.05) is 36.4 Å². The number of nitrogens with one attached hydrogen (secondary N) is 3. The van der Waals surface area contributed by atoms with Gasteiger partial charge in [-0.2, -0.15) is 4.31 Å². The van der Waals surface area contributed by atoms with Crippen LogP contribution in [0.4, 0.5) is 0 Å². The fourth-order valence-corrected chi connectivity index (χ4v) is 9.34. The molecular formula is C45H60Cl3N7O6S2. The molecule has 0 unspecified atom stereocenters. The fraction of sp³-hybridized carbons (Fsp3) is 0.422. The Labute approximate surface area is 387 Å². The lowest BCUT2D eigenvalue weighted by atomic mass is 9.97. The average Bonchev–Trinajstić information content (AvgIpc) is 3.96. The Bertz CT molecular complexity index is 2380. The molecule has 0 radical (unpaired) electrons. The van der Waals surface area contributed by atoms with Crippen LogP contribution < -0.4 is 14.8 Å². The topological polar surface area (TPSA) is 163 Å². The lowest BCUT2D eigenvalue weighted by Gasteiger charge is -2.30. The van der Waals surface area contributed by atoms with Gasteiger partial charge in [0.1, 0.15) is 23.1 Å². The summed E-state index contributed by atoms with van der Waals surface area (Å²) in [7, 11) is 1.07. The van der Waals surface area contributed by atoms with E-state index in [-0.39, 0.29) is 16.2 Å². The molecule has 4 heterocycles. The Morgan fingerprint density at radius 1 is 0.635 bits per heavy atom. The van der Waals surface area contributed by atoms with Gasteiger partial charge in [0.2, 0.25) is 10.0 Å². The molecule has 18 heteroatoms. The van der Waals surface area contributed by atoms with Crippen molar-refractivity contribution < 1.29 is 26.3 Å². The number of benzene rings is 4. The van der Waals surface area contributed by atoms with Crippen LogP contribution in [-0.2, 0) is 19.1 Å². The highest BCUT2D eigenvalue weighted by atomic mass is 35.7. The number of halogens is 3. The van der Waals surface area contributed by atoms with Crippen molar-refractivity contribution in [3.63, 3.8) is 0 Å². The van der Waals surface area contributed by atoms with E-state index in [1.165, 1.54) is 63.9 Å². The molecule has 2 aliphatic rings. The Kier molecular flexibility index (Phi) is 21.4. The number of hydrogen-bond donors (Lipinski definition) is 3. The van der Waals surface area contributed by atoms with Gasteiger partial charge in [0.05, 0.1) is 51.4 Å². The van der Waals surface area contributed by atoms with E-state index in [2.05, 4.69) is 63.1 Å². The Morgan fingerprint density at radius 3 is 1.40 bits per heavy atom. The molecule has 0 atom stereocenters. The van der Waals surface area contributed by atoms with Gasteiger partial charge in [-0.3, -0.25) is 0 Å². The zero-order chi connectivity index (χ0) is 45.8. The number of H-pyrrole nitrogens is 2. The number of para-hydroxylation sites is 4. The number of methoxy groups -OCH3 is 2. The number of fused-ring (bicyclic) bond motifs is 2. The monoisotopic (exact) mass is 963 g/mol. The van der Waals surface area contributed by atoms with E-state index in [4.69, 9.17) is 43.4 Å². The van der Waals surface area contributed by atoms with Crippen molar-refractivity contribution in [1.29, 1.82) is 0 Å². The second-order valence-electron chi connectivity index (χ2n) is 14.5. The molecule has 2 aliphatic heterocycles. The maximum atomic E-state index is 12.8. The predicted octanol–water partition coefficient (Wildman–Crippen LogP) is 9.56. The fourth-order valence-electron chi connectivity index (χ4n) is 7.10. The Hall–Kier alpha value is -3.93. The minimum absolute atomic E-state index is 0.0740. The molecule has 8 rings (SSSR count). The SMILES string of the molecule is CCN(CC)CC.COc1ccc(S(=O)(=O)Cl)cc1.COc1ccc(S(=O)(=O)N2CCC(c3nc4ccccc4[nH]3)CC2)cc1.ClCCl.c1ccc2[nH]c(C3CCNCC3)nc2c1. The molecule has 4 aromatic carbocycles. The summed E-state index contributed by atoms with van der Waals surface area (Å²) in [5.74, 6) is 4.22. The van der Waals surface area contributed by atoms with Gasteiger partial charge in [-0.05, 0) is 131 Å². The molecular weight excluding hydrogens is 905 g/mol. The van der Waals surface area contributed by atoms with Crippen molar-refractivity contribution in [2.24, 2.45) is 0 Å². The van der Waals surface area contributed by atoms with E-state index in [0.29, 0.717) is 35.4 Å². The minimum Gasteiger partial charge on any atom is -0.497 e. The third-order valence-corrected chi connectivity index (χ3v) is 14.0. The van der Waals surface area contributed by atoms with Crippen LogP contribution in [0.5, 0.6) is 11.5 Å². The summed E-state index contributed by atoms with van der Waals surface area (Å²) in [6, 6.07) is 28.6. The minimum atomic E-state index is -3.61. The number of rotatable bonds is 10. The predicted molar refractivity (Wildman–Crippen MR) is 257 cm³/mol. The standard InChI is InChI=1S/C19H21N3O3S.C12H15N3.C7H7ClO3S.C6H15N.CH2Cl2/c1-25-15-6-8-16(9-7-15)26(23,24)22-12-10-14(11-13-22)19-20-17-4-2-3-5-18(17)21-19;1-2-4-11-10(3-1)14-12(15-11)9-5-7-13-8-6-9;1-11-6-2-4-7(5-3-6)12(8,9)10;1-4-7(5-2)6-3;2-1-3/h2-9,14H,10-13H2,1H3,(H,20,21);1-4,9,13H,5-8H2,(H,14,15);2-5H,1H3;4-6H2,1-3H3;1H2. The third-order valence-electron chi connectivity index (χ3n) is 10.8. The quantitative estimate of drug-likeness (QED) is 0.0891. The molecule has 0 amide bonds.